The third-order valence-electron chi connectivity index (χ3n) is 3.46. The van der Waals surface area contributed by atoms with Crippen LogP contribution in [-0.4, -0.2) is 45.7 Å². The highest BCUT2D eigenvalue weighted by Gasteiger charge is 2.25. The van der Waals surface area contributed by atoms with Crippen LogP contribution in [0.4, 0.5) is 0 Å². The molecule has 0 fully saturated rings. The van der Waals surface area contributed by atoms with Crippen molar-refractivity contribution in [3.8, 4) is 11.4 Å². The van der Waals surface area contributed by atoms with Gasteiger partial charge in [0, 0.05) is 12.6 Å². The molecule has 0 radical (unpaired) electrons. The Morgan fingerprint density at radius 1 is 1.42 bits per heavy atom. The summed E-state index contributed by atoms with van der Waals surface area (Å²) in [4.78, 5) is 11.2. The molecular formula is C14H19N5O4S. The number of nitrogens with one attached hydrogen (secondary N) is 1. The number of benzene rings is 1. The summed E-state index contributed by atoms with van der Waals surface area (Å²) in [5.41, 5.74) is 0.519. The summed E-state index contributed by atoms with van der Waals surface area (Å²) in [6.45, 7) is 1.91. The molecule has 0 aliphatic heterocycles. The molecule has 0 saturated heterocycles. The van der Waals surface area contributed by atoms with Gasteiger partial charge in [-0.2, -0.15) is 4.72 Å². The van der Waals surface area contributed by atoms with Gasteiger partial charge < -0.3 is 5.11 Å². The molecule has 0 spiro atoms. The molecule has 0 aliphatic rings. The van der Waals surface area contributed by atoms with E-state index in [0.717, 1.165) is 6.42 Å². The summed E-state index contributed by atoms with van der Waals surface area (Å²) in [6, 6.07) is 4.88. The maximum Gasteiger partial charge on any atom is 0.321 e. The van der Waals surface area contributed by atoms with Crippen molar-refractivity contribution in [1.29, 1.82) is 0 Å². The van der Waals surface area contributed by atoms with E-state index in [2.05, 4.69) is 20.2 Å². The van der Waals surface area contributed by atoms with Crippen LogP contribution >= 0.6 is 0 Å². The Kier molecular flexibility index (Phi) is 5.62. The van der Waals surface area contributed by atoms with Crippen molar-refractivity contribution in [2.24, 2.45) is 7.05 Å². The monoisotopic (exact) mass is 353 g/mol. The lowest BCUT2D eigenvalue weighted by molar-refractivity contribution is -0.139. The fourth-order valence-electron chi connectivity index (χ4n) is 2.17. The summed E-state index contributed by atoms with van der Waals surface area (Å²) in [6.07, 6.45) is 1.63. The van der Waals surface area contributed by atoms with E-state index in [4.69, 9.17) is 0 Å². The van der Waals surface area contributed by atoms with Crippen LogP contribution in [0.2, 0.25) is 0 Å². The van der Waals surface area contributed by atoms with Gasteiger partial charge in [0.25, 0.3) is 0 Å². The first-order valence-corrected chi connectivity index (χ1v) is 8.91. The quantitative estimate of drug-likeness (QED) is 0.718. The molecule has 9 nitrogen and oxygen atoms in total. The molecular weight excluding hydrogens is 334 g/mol. The molecule has 0 amide bonds. The summed E-state index contributed by atoms with van der Waals surface area (Å²) < 4.78 is 28.6. The molecule has 1 atom stereocenters. The van der Waals surface area contributed by atoms with Crippen LogP contribution in [0.3, 0.4) is 0 Å². The number of rotatable bonds is 8. The van der Waals surface area contributed by atoms with Gasteiger partial charge in [-0.15, -0.1) is 5.10 Å². The number of carboxylic acid groups (broad SMARTS) is 1. The predicted octanol–water partition coefficient (Wildman–Crippen LogP) is 0.799. The van der Waals surface area contributed by atoms with Gasteiger partial charge >= 0.3 is 5.97 Å². The zero-order chi connectivity index (χ0) is 17.7. The first-order valence-electron chi connectivity index (χ1n) is 7.43. The Hall–Kier alpha value is -2.33. The second-order valence-electron chi connectivity index (χ2n) is 5.31. The van der Waals surface area contributed by atoms with E-state index in [1.54, 1.807) is 19.2 Å². The number of sulfonamides is 1. The Balaban J connectivity index is 2.29. The van der Waals surface area contributed by atoms with E-state index in [1.807, 2.05) is 6.92 Å². The third kappa shape index (κ3) is 4.15. The van der Waals surface area contributed by atoms with E-state index in [9.17, 15) is 18.3 Å². The van der Waals surface area contributed by atoms with Crippen molar-refractivity contribution < 1.29 is 18.3 Å². The van der Waals surface area contributed by atoms with Crippen molar-refractivity contribution in [3.05, 3.63) is 24.3 Å². The summed E-state index contributed by atoms with van der Waals surface area (Å²) in [5.74, 6) is -0.784. The van der Waals surface area contributed by atoms with Crippen LogP contribution in [0.1, 0.15) is 26.2 Å². The van der Waals surface area contributed by atoms with Gasteiger partial charge in [-0.25, -0.2) is 13.1 Å². The lowest BCUT2D eigenvalue weighted by atomic mass is 10.1. The Morgan fingerprint density at radius 2 is 2.17 bits per heavy atom. The van der Waals surface area contributed by atoms with Crippen molar-refractivity contribution in [3.63, 3.8) is 0 Å². The minimum Gasteiger partial charge on any atom is -0.480 e. The van der Waals surface area contributed by atoms with Gasteiger partial charge in [0.2, 0.25) is 10.0 Å². The average Bonchev–Trinajstić information content (AvgIpc) is 2.97. The lowest BCUT2D eigenvalue weighted by Crippen LogP contribution is -2.40. The number of aliphatic carboxylic acids is 1. The number of aryl methyl sites for hydroxylation is 1. The predicted molar refractivity (Wildman–Crippen MR) is 85.5 cm³/mol. The van der Waals surface area contributed by atoms with Gasteiger partial charge in [-0.1, -0.05) is 31.9 Å². The van der Waals surface area contributed by atoms with Gasteiger partial charge in [0.15, 0.2) is 5.82 Å². The SMILES string of the molecule is CCCCC(NS(=O)(=O)c1cccc(-c2nnnn2C)c1)C(=O)O. The van der Waals surface area contributed by atoms with E-state index in [-0.39, 0.29) is 11.3 Å². The molecule has 10 heteroatoms. The summed E-state index contributed by atoms with van der Waals surface area (Å²) in [5, 5.41) is 20.2. The highest BCUT2D eigenvalue weighted by atomic mass is 32.2. The van der Waals surface area contributed by atoms with Crippen LogP contribution in [0.25, 0.3) is 11.4 Å². The van der Waals surface area contributed by atoms with Gasteiger partial charge in [0.05, 0.1) is 4.90 Å². The van der Waals surface area contributed by atoms with E-state index >= 15 is 0 Å². The summed E-state index contributed by atoms with van der Waals surface area (Å²) in [7, 11) is -2.33. The summed E-state index contributed by atoms with van der Waals surface area (Å²) >= 11 is 0. The van der Waals surface area contributed by atoms with Crippen LogP contribution in [0.15, 0.2) is 29.2 Å². The molecule has 1 unspecified atom stereocenters. The standard InChI is InChI=1S/C14H19N5O4S/c1-3-4-8-12(14(20)21)16-24(22,23)11-7-5-6-10(9-11)13-15-17-18-19(13)2/h5-7,9,12,16H,3-4,8H2,1-2H3,(H,20,21). The highest BCUT2D eigenvalue weighted by molar-refractivity contribution is 7.89. The Bertz CT molecular complexity index is 818. The van der Waals surface area contributed by atoms with Gasteiger partial charge in [-0.3, -0.25) is 4.79 Å². The molecule has 0 bridgehead atoms. The molecule has 2 aromatic rings. The lowest BCUT2D eigenvalue weighted by Gasteiger charge is -2.14. The third-order valence-corrected chi connectivity index (χ3v) is 4.93. The van der Waals surface area contributed by atoms with E-state index in [0.29, 0.717) is 17.8 Å². The number of hydrogen-bond acceptors (Lipinski definition) is 6. The fourth-order valence-corrected chi connectivity index (χ4v) is 3.44. The van der Waals surface area contributed by atoms with Crippen molar-refractivity contribution in [2.75, 3.05) is 0 Å². The van der Waals surface area contributed by atoms with Crippen LogP contribution in [0.5, 0.6) is 0 Å². The van der Waals surface area contributed by atoms with E-state index < -0.39 is 22.0 Å². The Labute approximate surface area is 139 Å². The van der Waals surface area contributed by atoms with Gasteiger partial charge in [0.1, 0.15) is 6.04 Å². The molecule has 2 N–H and O–H groups in total. The normalized spacial score (nSPS) is 12.9. The largest absolute Gasteiger partial charge is 0.480 e. The van der Waals surface area contributed by atoms with Crippen LogP contribution < -0.4 is 4.72 Å². The molecule has 0 saturated carbocycles. The zero-order valence-corrected chi connectivity index (χ0v) is 14.2. The first kappa shape index (κ1) is 18.0. The smallest absolute Gasteiger partial charge is 0.321 e. The van der Waals surface area contributed by atoms with Crippen molar-refractivity contribution >= 4 is 16.0 Å². The number of carbonyl (C=O) groups is 1. The first-order chi connectivity index (χ1) is 11.3. The Morgan fingerprint density at radius 3 is 2.75 bits per heavy atom. The molecule has 2 rings (SSSR count). The minimum atomic E-state index is -3.97. The average molecular weight is 353 g/mol. The fraction of sp³-hybridized carbons (Fsp3) is 0.429. The van der Waals surface area contributed by atoms with Crippen LogP contribution in [0, 0.1) is 0 Å². The minimum absolute atomic E-state index is 0.0363. The van der Waals surface area contributed by atoms with Crippen LogP contribution in [-0.2, 0) is 21.9 Å². The van der Waals surface area contributed by atoms with Crippen molar-refractivity contribution in [1.82, 2.24) is 24.9 Å². The molecule has 1 heterocycles. The molecule has 0 aliphatic carbocycles. The molecule has 1 aromatic heterocycles. The number of nitrogens with zero attached hydrogens (tertiary/aromatic N) is 4. The maximum absolute atomic E-state index is 12.5. The molecule has 130 valence electrons. The number of hydrogen-bond donors (Lipinski definition) is 2. The molecule has 1 aromatic carbocycles. The topological polar surface area (TPSA) is 127 Å². The second kappa shape index (κ2) is 7.49. The number of aromatic nitrogens is 4. The van der Waals surface area contributed by atoms with Crippen molar-refractivity contribution in [2.45, 2.75) is 37.1 Å². The number of unbranched alkanes of at least 4 members (excludes halogenated alkanes) is 1. The van der Waals surface area contributed by atoms with E-state index in [1.165, 1.54) is 16.8 Å². The number of carboxylic acids is 1. The molecule has 24 heavy (non-hydrogen) atoms. The second-order valence-corrected chi connectivity index (χ2v) is 7.02. The number of tetrazole rings is 1. The van der Waals surface area contributed by atoms with Gasteiger partial charge in [-0.05, 0) is 29.0 Å². The maximum atomic E-state index is 12.5. The zero-order valence-electron chi connectivity index (χ0n) is 13.4. The highest BCUT2D eigenvalue weighted by Crippen LogP contribution is 2.20.